The molecule has 1 aliphatic heterocycles. The summed E-state index contributed by atoms with van der Waals surface area (Å²) in [6, 6.07) is 24.5. The molecule has 0 amide bonds. The number of thiocarbonyl (C=S) groups is 1. The molecule has 172 valence electrons. The molecule has 5 nitrogen and oxygen atoms in total. The van der Waals surface area contributed by atoms with Gasteiger partial charge in [0.15, 0.2) is 5.11 Å². The van der Waals surface area contributed by atoms with E-state index in [2.05, 4.69) is 79.9 Å². The van der Waals surface area contributed by atoms with E-state index in [1.165, 1.54) is 11.3 Å². The van der Waals surface area contributed by atoms with Gasteiger partial charge in [0.25, 0.3) is 0 Å². The maximum absolute atomic E-state index is 5.87. The molecule has 1 N–H and O–H groups in total. The van der Waals surface area contributed by atoms with Gasteiger partial charge in [-0.05, 0) is 92.3 Å². The zero-order valence-corrected chi connectivity index (χ0v) is 21.6. The number of hydrogen-bond acceptors (Lipinski definition) is 3. The second-order valence-corrected chi connectivity index (χ2v) is 9.64. The summed E-state index contributed by atoms with van der Waals surface area (Å²) in [5.41, 5.74) is 6.63. The lowest BCUT2D eigenvalue weighted by atomic mass is 9.96. The van der Waals surface area contributed by atoms with Gasteiger partial charge in [-0.15, -0.1) is 0 Å². The third-order valence-electron chi connectivity index (χ3n) is 6.30. The number of nitrogens with one attached hydrogen (secondary N) is 1. The summed E-state index contributed by atoms with van der Waals surface area (Å²) in [6.45, 7) is 4.32. The minimum absolute atomic E-state index is 0.0668. The molecule has 1 saturated heterocycles. The maximum Gasteiger partial charge on any atom is 0.174 e. The minimum Gasteiger partial charge on any atom is -0.497 e. The zero-order chi connectivity index (χ0) is 23.8. The Hall–Kier alpha value is -3.16. The molecule has 0 unspecified atom stereocenters. The van der Waals surface area contributed by atoms with Crippen LogP contribution in [0.3, 0.4) is 0 Å². The molecule has 2 aromatic carbocycles. The molecule has 1 aliphatic rings. The molecule has 1 fully saturated rings. The molecule has 34 heavy (non-hydrogen) atoms. The fraction of sp³-hybridized carbons (Fsp3) is 0.185. The molecular formula is C27H25BrN4OS. The molecule has 0 spiro atoms. The average molecular weight is 533 g/mol. The lowest BCUT2D eigenvalue weighted by molar-refractivity contribution is 0.415. The van der Waals surface area contributed by atoms with E-state index >= 15 is 0 Å². The van der Waals surface area contributed by atoms with Gasteiger partial charge in [0.05, 0.1) is 24.9 Å². The van der Waals surface area contributed by atoms with E-state index in [0.717, 1.165) is 33.0 Å². The van der Waals surface area contributed by atoms with Crippen LogP contribution in [0.1, 0.15) is 34.7 Å². The van der Waals surface area contributed by atoms with Crippen molar-refractivity contribution >= 4 is 38.9 Å². The van der Waals surface area contributed by atoms with Gasteiger partial charge in [-0.2, -0.15) is 0 Å². The largest absolute Gasteiger partial charge is 0.497 e. The Balaban J connectivity index is 1.67. The fourth-order valence-corrected chi connectivity index (χ4v) is 5.52. The Bertz CT molecular complexity index is 1340. The smallest absolute Gasteiger partial charge is 0.174 e. The quantitative estimate of drug-likeness (QED) is 0.299. The lowest BCUT2D eigenvalue weighted by Crippen LogP contribution is -2.29. The number of hydrogen-bond donors (Lipinski definition) is 1. The maximum atomic E-state index is 5.87. The monoisotopic (exact) mass is 532 g/mol. The van der Waals surface area contributed by atoms with Crippen molar-refractivity contribution in [3.8, 4) is 11.4 Å². The molecule has 5 rings (SSSR count). The fourth-order valence-electron chi connectivity index (χ4n) is 4.79. The van der Waals surface area contributed by atoms with Gasteiger partial charge in [-0.25, -0.2) is 0 Å². The van der Waals surface area contributed by atoms with Crippen molar-refractivity contribution in [1.29, 1.82) is 0 Å². The number of pyridine rings is 1. The van der Waals surface area contributed by atoms with E-state index in [-0.39, 0.29) is 12.1 Å². The highest BCUT2D eigenvalue weighted by Crippen LogP contribution is 2.44. The van der Waals surface area contributed by atoms with Crippen LogP contribution in [0.25, 0.3) is 5.69 Å². The highest BCUT2D eigenvalue weighted by Gasteiger charge is 2.42. The van der Waals surface area contributed by atoms with E-state index in [1.807, 2.05) is 48.7 Å². The number of aryl methyl sites for hydroxylation is 1. The van der Waals surface area contributed by atoms with Crippen LogP contribution in [0.15, 0.2) is 83.5 Å². The summed E-state index contributed by atoms with van der Waals surface area (Å²) in [7, 11) is 1.67. The van der Waals surface area contributed by atoms with Crippen LogP contribution in [-0.4, -0.2) is 21.8 Å². The third kappa shape index (κ3) is 3.99. The number of ether oxygens (including phenoxy) is 1. The molecule has 0 saturated carbocycles. The van der Waals surface area contributed by atoms with Gasteiger partial charge in [0, 0.05) is 33.4 Å². The first-order chi connectivity index (χ1) is 16.5. The molecule has 2 aromatic heterocycles. The number of benzene rings is 2. The van der Waals surface area contributed by atoms with Crippen molar-refractivity contribution in [1.82, 2.24) is 14.9 Å². The number of halogens is 1. The Kier molecular flexibility index (Phi) is 6.15. The SMILES string of the molecule is COc1ccc(N2C(=S)N[C@H](c3ccccn3)[C@@H]2c2cc(C)n(-c3cccc(Br)c3)c2C)cc1. The first kappa shape index (κ1) is 22.6. The van der Waals surface area contributed by atoms with Gasteiger partial charge >= 0.3 is 0 Å². The van der Waals surface area contributed by atoms with Crippen LogP contribution >= 0.6 is 28.1 Å². The highest BCUT2D eigenvalue weighted by molar-refractivity contribution is 9.10. The Morgan fingerprint density at radius 3 is 2.44 bits per heavy atom. The van der Waals surface area contributed by atoms with Crippen LogP contribution in [0.5, 0.6) is 5.75 Å². The van der Waals surface area contributed by atoms with E-state index in [1.54, 1.807) is 7.11 Å². The van der Waals surface area contributed by atoms with Crippen molar-refractivity contribution in [3.63, 3.8) is 0 Å². The normalized spacial score (nSPS) is 17.6. The highest BCUT2D eigenvalue weighted by atomic mass is 79.9. The first-order valence-corrected chi connectivity index (χ1v) is 12.3. The van der Waals surface area contributed by atoms with Crippen molar-refractivity contribution in [2.24, 2.45) is 0 Å². The number of anilines is 1. The van der Waals surface area contributed by atoms with Crippen LogP contribution < -0.4 is 15.0 Å². The summed E-state index contributed by atoms with van der Waals surface area (Å²) >= 11 is 9.49. The Labute approximate surface area is 213 Å². The number of aromatic nitrogens is 2. The van der Waals surface area contributed by atoms with Crippen LogP contribution in [0, 0.1) is 13.8 Å². The zero-order valence-electron chi connectivity index (χ0n) is 19.2. The lowest BCUT2D eigenvalue weighted by Gasteiger charge is -2.28. The third-order valence-corrected chi connectivity index (χ3v) is 7.11. The van der Waals surface area contributed by atoms with Crippen LogP contribution in [0.4, 0.5) is 5.69 Å². The molecule has 0 aliphatic carbocycles. The standard InChI is InChI=1S/C27H25BrN4OS/c1-17-15-23(18(2)31(17)21-8-6-7-19(28)16-21)26-25(24-9-4-5-14-29-24)30-27(34)32(26)20-10-12-22(33-3)13-11-20/h4-16,25-26H,1-3H3,(H,30,34)/t25-,26+/m1/s1. The molecule has 4 aromatic rings. The van der Waals surface area contributed by atoms with Gasteiger partial charge < -0.3 is 19.5 Å². The van der Waals surface area contributed by atoms with Gasteiger partial charge in [0.2, 0.25) is 0 Å². The second kappa shape index (κ2) is 9.24. The van der Waals surface area contributed by atoms with E-state index < -0.39 is 0 Å². The summed E-state index contributed by atoms with van der Waals surface area (Å²) < 4.78 is 8.72. The number of methoxy groups -OCH3 is 1. The van der Waals surface area contributed by atoms with Crippen molar-refractivity contribution in [2.45, 2.75) is 25.9 Å². The summed E-state index contributed by atoms with van der Waals surface area (Å²) in [5.74, 6) is 0.812. The van der Waals surface area contributed by atoms with Crippen molar-refractivity contribution in [2.75, 3.05) is 12.0 Å². The molecule has 3 heterocycles. The molecule has 7 heteroatoms. The Morgan fingerprint density at radius 2 is 1.76 bits per heavy atom. The minimum atomic E-state index is -0.0905. The van der Waals surface area contributed by atoms with Crippen LogP contribution in [0.2, 0.25) is 0 Å². The summed E-state index contributed by atoms with van der Waals surface area (Å²) in [4.78, 5) is 6.87. The van der Waals surface area contributed by atoms with Gasteiger partial charge in [-0.1, -0.05) is 28.1 Å². The molecule has 0 bridgehead atoms. The topological polar surface area (TPSA) is 42.3 Å². The summed E-state index contributed by atoms with van der Waals surface area (Å²) in [5, 5.41) is 4.23. The van der Waals surface area contributed by atoms with Gasteiger partial charge in [0.1, 0.15) is 5.75 Å². The average Bonchev–Trinajstić information content (AvgIpc) is 3.34. The predicted octanol–water partition coefficient (Wildman–Crippen LogP) is 6.44. The van der Waals surface area contributed by atoms with Crippen molar-refractivity contribution < 1.29 is 4.74 Å². The molecule has 0 radical (unpaired) electrons. The molecule has 2 atom stereocenters. The number of rotatable bonds is 5. The van der Waals surface area contributed by atoms with E-state index in [0.29, 0.717) is 5.11 Å². The van der Waals surface area contributed by atoms with Crippen LogP contribution in [-0.2, 0) is 0 Å². The van der Waals surface area contributed by atoms with E-state index in [9.17, 15) is 0 Å². The Morgan fingerprint density at radius 1 is 0.971 bits per heavy atom. The second-order valence-electron chi connectivity index (χ2n) is 8.34. The molecular weight excluding hydrogens is 508 g/mol. The van der Waals surface area contributed by atoms with Gasteiger partial charge in [-0.3, -0.25) is 4.98 Å². The number of nitrogens with zero attached hydrogens (tertiary/aromatic N) is 3. The predicted molar refractivity (Wildman–Crippen MR) is 144 cm³/mol. The first-order valence-electron chi connectivity index (χ1n) is 11.1. The van der Waals surface area contributed by atoms with Crippen molar-refractivity contribution in [3.05, 3.63) is 106 Å². The summed E-state index contributed by atoms with van der Waals surface area (Å²) in [6.07, 6.45) is 1.83. The van der Waals surface area contributed by atoms with E-state index in [4.69, 9.17) is 17.0 Å².